The van der Waals surface area contributed by atoms with Gasteiger partial charge >= 0.3 is 0 Å². The van der Waals surface area contributed by atoms with Gasteiger partial charge in [0.15, 0.2) is 0 Å². The second kappa shape index (κ2) is 5.79. The molecule has 100 valence electrons. The van der Waals surface area contributed by atoms with Crippen LogP contribution < -0.4 is 10.2 Å². The lowest BCUT2D eigenvalue weighted by Gasteiger charge is -2.21. The highest BCUT2D eigenvalue weighted by Crippen LogP contribution is 2.27. The van der Waals surface area contributed by atoms with E-state index >= 15 is 0 Å². The van der Waals surface area contributed by atoms with Crippen molar-refractivity contribution >= 4 is 17.1 Å². The first kappa shape index (κ1) is 13.5. The third-order valence-electron chi connectivity index (χ3n) is 3.47. The standard InChI is InChI=1S/C17H22N2/c1-13(2)14-8-10-16(11-9-14)19(4)17-7-5-6-15(12-17)18-3/h5-13,18H,1-4H3. The predicted octanol–water partition coefficient (Wildman–Crippen LogP) is 4.62. The Morgan fingerprint density at radius 2 is 1.63 bits per heavy atom. The molecule has 2 nitrogen and oxygen atoms in total. The van der Waals surface area contributed by atoms with Crippen molar-refractivity contribution in [1.29, 1.82) is 0 Å². The molecule has 0 spiro atoms. The average Bonchev–Trinajstić information content (AvgIpc) is 2.46. The minimum atomic E-state index is 0.576. The summed E-state index contributed by atoms with van der Waals surface area (Å²) >= 11 is 0. The lowest BCUT2D eigenvalue weighted by molar-refractivity contribution is 0.866. The van der Waals surface area contributed by atoms with Crippen LogP contribution in [0, 0.1) is 0 Å². The molecule has 0 aliphatic carbocycles. The Labute approximate surface area is 116 Å². The Hall–Kier alpha value is -1.96. The third-order valence-corrected chi connectivity index (χ3v) is 3.47. The second-order valence-electron chi connectivity index (χ2n) is 5.11. The molecule has 0 aliphatic heterocycles. The molecule has 1 N–H and O–H groups in total. The van der Waals surface area contributed by atoms with Crippen LogP contribution in [0.2, 0.25) is 0 Å². The zero-order valence-electron chi connectivity index (χ0n) is 12.1. The van der Waals surface area contributed by atoms with Crippen LogP contribution in [0.15, 0.2) is 48.5 Å². The van der Waals surface area contributed by atoms with Gasteiger partial charge in [0.2, 0.25) is 0 Å². The molecule has 0 fully saturated rings. The van der Waals surface area contributed by atoms with Crippen molar-refractivity contribution in [3.05, 3.63) is 54.1 Å². The molecule has 2 heteroatoms. The number of nitrogens with one attached hydrogen (secondary N) is 1. The summed E-state index contributed by atoms with van der Waals surface area (Å²) in [5.74, 6) is 0.576. The van der Waals surface area contributed by atoms with E-state index in [4.69, 9.17) is 0 Å². The van der Waals surface area contributed by atoms with Crippen molar-refractivity contribution in [1.82, 2.24) is 0 Å². The maximum atomic E-state index is 3.17. The molecule has 0 saturated heterocycles. The SMILES string of the molecule is CNc1cccc(N(C)c2ccc(C(C)C)cc2)c1. The summed E-state index contributed by atoms with van der Waals surface area (Å²) in [6.45, 7) is 4.43. The van der Waals surface area contributed by atoms with Crippen LogP contribution >= 0.6 is 0 Å². The fourth-order valence-electron chi connectivity index (χ4n) is 2.10. The molecule has 19 heavy (non-hydrogen) atoms. The summed E-state index contributed by atoms with van der Waals surface area (Å²) in [7, 11) is 4.04. The van der Waals surface area contributed by atoms with Crippen molar-refractivity contribution in [2.24, 2.45) is 0 Å². The Morgan fingerprint density at radius 1 is 0.947 bits per heavy atom. The second-order valence-corrected chi connectivity index (χ2v) is 5.11. The fourth-order valence-corrected chi connectivity index (χ4v) is 2.10. The summed E-state index contributed by atoms with van der Waals surface area (Å²) in [5.41, 5.74) is 4.89. The summed E-state index contributed by atoms with van der Waals surface area (Å²) in [6.07, 6.45) is 0. The number of rotatable bonds is 4. The predicted molar refractivity (Wildman–Crippen MR) is 84.6 cm³/mol. The molecule has 0 aliphatic rings. The highest BCUT2D eigenvalue weighted by atomic mass is 15.1. The van der Waals surface area contributed by atoms with Crippen molar-refractivity contribution in [2.45, 2.75) is 19.8 Å². The third kappa shape index (κ3) is 3.08. The van der Waals surface area contributed by atoms with Gasteiger partial charge in [-0.15, -0.1) is 0 Å². The summed E-state index contributed by atoms with van der Waals surface area (Å²) < 4.78 is 0. The van der Waals surface area contributed by atoms with Crippen LogP contribution in [0.1, 0.15) is 25.3 Å². The molecule has 0 bridgehead atoms. The van der Waals surface area contributed by atoms with E-state index in [1.807, 2.05) is 7.05 Å². The first-order valence-electron chi connectivity index (χ1n) is 6.73. The van der Waals surface area contributed by atoms with Crippen molar-refractivity contribution < 1.29 is 0 Å². The van der Waals surface area contributed by atoms with Crippen LogP contribution in [0.5, 0.6) is 0 Å². The summed E-state index contributed by atoms with van der Waals surface area (Å²) in [5, 5.41) is 3.17. The van der Waals surface area contributed by atoms with Gasteiger partial charge in [-0.05, 0) is 41.8 Å². The van der Waals surface area contributed by atoms with Gasteiger partial charge in [-0.2, -0.15) is 0 Å². The van der Waals surface area contributed by atoms with Gasteiger partial charge < -0.3 is 10.2 Å². The Morgan fingerprint density at radius 3 is 2.21 bits per heavy atom. The Kier molecular flexibility index (Phi) is 4.10. The van der Waals surface area contributed by atoms with Crippen LogP contribution in [-0.4, -0.2) is 14.1 Å². The Bertz CT molecular complexity index is 529. The van der Waals surface area contributed by atoms with Gasteiger partial charge in [0, 0.05) is 31.2 Å². The van der Waals surface area contributed by atoms with E-state index in [1.165, 1.54) is 16.9 Å². The van der Waals surface area contributed by atoms with E-state index in [9.17, 15) is 0 Å². The largest absolute Gasteiger partial charge is 0.388 e. The normalized spacial score (nSPS) is 10.6. The van der Waals surface area contributed by atoms with Gasteiger partial charge in [-0.3, -0.25) is 0 Å². The van der Waals surface area contributed by atoms with Crippen molar-refractivity contribution in [3.63, 3.8) is 0 Å². The molecule has 2 aromatic carbocycles. The molecule has 0 aromatic heterocycles. The summed E-state index contributed by atoms with van der Waals surface area (Å²) in [6, 6.07) is 17.2. The van der Waals surface area contributed by atoms with Gasteiger partial charge in [0.25, 0.3) is 0 Å². The topological polar surface area (TPSA) is 15.3 Å². The fraction of sp³-hybridized carbons (Fsp3) is 0.294. The molecule has 0 atom stereocenters. The zero-order valence-corrected chi connectivity index (χ0v) is 12.1. The molecule has 0 heterocycles. The average molecular weight is 254 g/mol. The maximum absolute atomic E-state index is 3.17. The minimum Gasteiger partial charge on any atom is -0.388 e. The van der Waals surface area contributed by atoms with Gasteiger partial charge in [0.05, 0.1) is 0 Å². The van der Waals surface area contributed by atoms with E-state index in [0.717, 1.165) is 5.69 Å². The first-order chi connectivity index (χ1) is 9.11. The van der Waals surface area contributed by atoms with Crippen LogP contribution in [-0.2, 0) is 0 Å². The van der Waals surface area contributed by atoms with Gasteiger partial charge in [0.1, 0.15) is 0 Å². The molecular formula is C17H22N2. The molecule has 0 unspecified atom stereocenters. The highest BCUT2D eigenvalue weighted by Gasteiger charge is 2.05. The quantitative estimate of drug-likeness (QED) is 0.856. The van der Waals surface area contributed by atoms with Crippen molar-refractivity contribution in [2.75, 3.05) is 24.3 Å². The highest BCUT2D eigenvalue weighted by molar-refractivity contribution is 5.66. The molecule has 0 saturated carbocycles. The van der Waals surface area contributed by atoms with Crippen LogP contribution in [0.25, 0.3) is 0 Å². The smallest absolute Gasteiger partial charge is 0.0428 e. The summed E-state index contributed by atoms with van der Waals surface area (Å²) in [4.78, 5) is 2.20. The number of benzene rings is 2. The minimum absolute atomic E-state index is 0.576. The maximum Gasteiger partial charge on any atom is 0.0428 e. The van der Waals surface area contributed by atoms with Crippen LogP contribution in [0.4, 0.5) is 17.1 Å². The monoisotopic (exact) mass is 254 g/mol. The number of nitrogens with zero attached hydrogens (tertiary/aromatic N) is 1. The lowest BCUT2D eigenvalue weighted by Crippen LogP contribution is -2.09. The van der Waals surface area contributed by atoms with E-state index < -0.39 is 0 Å². The first-order valence-corrected chi connectivity index (χ1v) is 6.73. The number of hydrogen-bond donors (Lipinski definition) is 1. The molecule has 2 rings (SSSR count). The lowest BCUT2D eigenvalue weighted by atomic mass is 10.0. The zero-order chi connectivity index (χ0) is 13.8. The van der Waals surface area contributed by atoms with Gasteiger partial charge in [-0.1, -0.05) is 32.0 Å². The van der Waals surface area contributed by atoms with E-state index in [-0.39, 0.29) is 0 Å². The van der Waals surface area contributed by atoms with Crippen molar-refractivity contribution in [3.8, 4) is 0 Å². The molecular weight excluding hydrogens is 232 g/mol. The number of hydrogen-bond acceptors (Lipinski definition) is 2. The molecule has 0 amide bonds. The van der Waals surface area contributed by atoms with Gasteiger partial charge in [-0.25, -0.2) is 0 Å². The number of anilines is 3. The molecule has 2 aromatic rings. The Balaban J connectivity index is 2.25. The van der Waals surface area contributed by atoms with E-state index in [2.05, 4.69) is 79.6 Å². The van der Waals surface area contributed by atoms with E-state index in [1.54, 1.807) is 0 Å². The molecule has 0 radical (unpaired) electrons. The van der Waals surface area contributed by atoms with Crippen LogP contribution in [0.3, 0.4) is 0 Å². The van der Waals surface area contributed by atoms with E-state index in [0.29, 0.717) is 5.92 Å².